The molecular weight excluding hydrogens is 406 g/mol. The summed E-state index contributed by atoms with van der Waals surface area (Å²) >= 11 is 1.56. The molecule has 0 aliphatic heterocycles. The Bertz CT molecular complexity index is 1370. The van der Waals surface area contributed by atoms with Crippen LogP contribution in [0.25, 0.3) is 32.0 Å². The number of thiazole rings is 1. The van der Waals surface area contributed by atoms with E-state index in [-0.39, 0.29) is 5.78 Å². The number of benzene rings is 2. The molecule has 0 aliphatic carbocycles. The molecule has 0 saturated carbocycles. The third kappa shape index (κ3) is 4.13. The van der Waals surface area contributed by atoms with E-state index in [4.69, 9.17) is 4.98 Å². The van der Waals surface area contributed by atoms with Crippen LogP contribution in [0.2, 0.25) is 0 Å². The number of nitrogens with one attached hydrogen (secondary N) is 1. The molecule has 31 heavy (non-hydrogen) atoms. The van der Waals surface area contributed by atoms with E-state index in [9.17, 15) is 4.79 Å². The quantitative estimate of drug-likeness (QED) is 0.420. The fraction of sp³-hybridized carbons (Fsp3) is 0.125. The van der Waals surface area contributed by atoms with Gasteiger partial charge in [-0.1, -0.05) is 42.5 Å². The van der Waals surface area contributed by atoms with Crippen LogP contribution < -0.4 is 0 Å². The Morgan fingerprint density at radius 2 is 1.90 bits per heavy atom. The summed E-state index contributed by atoms with van der Waals surface area (Å²) in [6, 6.07) is 18.7. The maximum atomic E-state index is 11.5. The predicted octanol–water partition coefficient (Wildman–Crippen LogP) is 4.87. The van der Waals surface area contributed by atoms with Crippen molar-refractivity contribution in [2.24, 2.45) is 0 Å². The summed E-state index contributed by atoms with van der Waals surface area (Å²) in [5.41, 5.74) is 3.82. The number of pyridine rings is 1. The van der Waals surface area contributed by atoms with Gasteiger partial charge in [-0.3, -0.25) is 14.9 Å². The Hall–Kier alpha value is -3.71. The number of H-pyrrole nitrogens is 1. The van der Waals surface area contributed by atoms with Crippen molar-refractivity contribution in [3.63, 3.8) is 0 Å². The number of rotatable bonds is 6. The summed E-state index contributed by atoms with van der Waals surface area (Å²) < 4.78 is 0. The van der Waals surface area contributed by atoms with Crippen LogP contribution in [0.15, 0.2) is 67.1 Å². The first-order chi connectivity index (χ1) is 15.2. The van der Waals surface area contributed by atoms with Crippen LogP contribution in [0.5, 0.6) is 0 Å². The molecule has 7 heteroatoms. The first kappa shape index (κ1) is 19.3. The second kappa shape index (κ2) is 8.20. The van der Waals surface area contributed by atoms with Crippen LogP contribution >= 0.6 is 11.3 Å². The summed E-state index contributed by atoms with van der Waals surface area (Å²) in [5.74, 6) is 0.792. The fourth-order valence-corrected chi connectivity index (χ4v) is 4.62. The molecule has 3 aromatic heterocycles. The number of carbonyl (C=O) groups excluding carboxylic acids is 1. The lowest BCUT2D eigenvalue weighted by atomic mass is 10.0. The average molecular weight is 426 g/mol. The van der Waals surface area contributed by atoms with Gasteiger partial charge in [-0.25, -0.2) is 9.97 Å². The molecule has 152 valence electrons. The fourth-order valence-electron chi connectivity index (χ4n) is 3.60. The number of hydrogen-bond donors (Lipinski definition) is 1. The lowest BCUT2D eigenvalue weighted by molar-refractivity contribution is -0.116. The number of ketones is 1. The van der Waals surface area contributed by atoms with E-state index in [2.05, 4.69) is 56.6 Å². The van der Waals surface area contributed by atoms with Gasteiger partial charge in [0.25, 0.3) is 0 Å². The van der Waals surface area contributed by atoms with Gasteiger partial charge in [-0.2, -0.15) is 5.10 Å². The number of aromatic nitrogens is 5. The molecule has 3 heterocycles. The molecule has 0 unspecified atom stereocenters. The molecule has 0 aliphatic rings. The topological polar surface area (TPSA) is 84.4 Å². The molecular formula is C24H19N5OS. The zero-order chi connectivity index (χ0) is 21.2. The van der Waals surface area contributed by atoms with Crippen molar-refractivity contribution in [1.82, 2.24) is 25.1 Å². The maximum absolute atomic E-state index is 11.5. The minimum absolute atomic E-state index is 0.0862. The monoisotopic (exact) mass is 425 g/mol. The Labute approximate surface area is 183 Å². The summed E-state index contributed by atoms with van der Waals surface area (Å²) in [5, 5.41) is 10.3. The van der Waals surface area contributed by atoms with Gasteiger partial charge in [0, 0.05) is 30.3 Å². The van der Waals surface area contributed by atoms with Crippen LogP contribution in [0.4, 0.5) is 0 Å². The van der Waals surface area contributed by atoms with E-state index in [1.54, 1.807) is 24.5 Å². The summed E-state index contributed by atoms with van der Waals surface area (Å²) in [4.78, 5) is 26.1. The highest BCUT2D eigenvalue weighted by atomic mass is 32.1. The number of fused-ring (bicyclic) bond motifs is 1. The van der Waals surface area contributed by atoms with Crippen molar-refractivity contribution in [1.29, 1.82) is 0 Å². The lowest BCUT2D eigenvalue weighted by Crippen LogP contribution is -1.99. The third-order valence-corrected chi connectivity index (χ3v) is 6.16. The lowest BCUT2D eigenvalue weighted by Gasteiger charge is -2.04. The molecule has 0 radical (unpaired) electrons. The number of aromatic amines is 1. The Balaban J connectivity index is 1.55. The van der Waals surface area contributed by atoms with Crippen LogP contribution in [0, 0.1) is 0 Å². The molecule has 0 fully saturated rings. The Morgan fingerprint density at radius 1 is 1.03 bits per heavy atom. The van der Waals surface area contributed by atoms with Gasteiger partial charge in [0.15, 0.2) is 5.82 Å². The predicted molar refractivity (Wildman–Crippen MR) is 122 cm³/mol. The van der Waals surface area contributed by atoms with Crippen molar-refractivity contribution >= 4 is 27.9 Å². The highest BCUT2D eigenvalue weighted by Crippen LogP contribution is 2.35. The highest BCUT2D eigenvalue weighted by Gasteiger charge is 2.17. The molecule has 6 nitrogen and oxygen atoms in total. The summed E-state index contributed by atoms with van der Waals surface area (Å²) in [6.07, 6.45) is 4.24. The van der Waals surface area contributed by atoms with Crippen LogP contribution in [-0.4, -0.2) is 30.9 Å². The minimum atomic E-state index is 0.0862. The van der Waals surface area contributed by atoms with Gasteiger partial charge in [0.1, 0.15) is 17.1 Å². The Morgan fingerprint density at radius 3 is 2.71 bits per heavy atom. The first-order valence-electron chi connectivity index (χ1n) is 9.93. The van der Waals surface area contributed by atoms with Crippen molar-refractivity contribution in [2.45, 2.75) is 19.8 Å². The molecule has 2 aromatic carbocycles. The minimum Gasteiger partial charge on any atom is -0.300 e. The second-order valence-corrected chi connectivity index (χ2v) is 8.40. The van der Waals surface area contributed by atoms with E-state index >= 15 is 0 Å². The van der Waals surface area contributed by atoms with Gasteiger partial charge in [-0.05, 0) is 35.4 Å². The zero-order valence-corrected chi connectivity index (χ0v) is 17.7. The van der Waals surface area contributed by atoms with E-state index in [1.807, 2.05) is 18.2 Å². The van der Waals surface area contributed by atoms with E-state index in [1.165, 1.54) is 22.7 Å². The molecule has 1 N–H and O–H groups in total. The van der Waals surface area contributed by atoms with Crippen LogP contribution in [0.1, 0.15) is 23.9 Å². The zero-order valence-electron chi connectivity index (χ0n) is 16.9. The molecule has 0 saturated heterocycles. The van der Waals surface area contributed by atoms with Gasteiger partial charge in [-0.15, -0.1) is 11.3 Å². The molecule has 5 rings (SSSR count). The van der Waals surface area contributed by atoms with Crippen molar-refractivity contribution in [3.8, 4) is 21.3 Å². The number of hydrogen-bond acceptors (Lipinski definition) is 6. The average Bonchev–Trinajstić information content (AvgIpc) is 3.43. The van der Waals surface area contributed by atoms with Gasteiger partial charge >= 0.3 is 0 Å². The molecule has 0 atom stereocenters. The third-order valence-electron chi connectivity index (χ3n) is 5.01. The summed E-state index contributed by atoms with van der Waals surface area (Å²) in [7, 11) is 0. The SMILES string of the molecule is CC(=O)Cc1cc(-c2nc(Cc3ccc4ccccc4c3)c(-c3ncn[nH]3)s2)ccn1. The van der Waals surface area contributed by atoms with Gasteiger partial charge in [0.2, 0.25) is 0 Å². The molecule has 0 spiro atoms. The van der Waals surface area contributed by atoms with Crippen molar-refractivity contribution in [3.05, 3.63) is 84.1 Å². The molecule has 0 amide bonds. The first-order valence-corrected chi connectivity index (χ1v) is 10.8. The number of Topliss-reactive ketones (excluding diaryl/α,β-unsaturated/α-hetero) is 1. The molecule has 5 aromatic rings. The smallest absolute Gasteiger partial charge is 0.167 e. The van der Waals surface area contributed by atoms with E-state index < -0.39 is 0 Å². The van der Waals surface area contributed by atoms with Crippen LogP contribution in [0.3, 0.4) is 0 Å². The Kier molecular flexibility index (Phi) is 5.09. The standard InChI is InChI=1S/C24H19N5OS/c1-15(30)10-20-13-19(8-9-25-20)24-28-21(22(31-24)23-26-14-27-29-23)12-16-6-7-17-4-2-3-5-18(17)11-16/h2-9,11,13-14H,10,12H2,1H3,(H,26,27,29). The van der Waals surface area contributed by atoms with E-state index in [0.717, 1.165) is 26.8 Å². The molecule has 0 bridgehead atoms. The second-order valence-electron chi connectivity index (χ2n) is 7.40. The summed E-state index contributed by atoms with van der Waals surface area (Å²) in [6.45, 7) is 1.57. The highest BCUT2D eigenvalue weighted by molar-refractivity contribution is 7.18. The van der Waals surface area contributed by atoms with Crippen molar-refractivity contribution in [2.75, 3.05) is 0 Å². The van der Waals surface area contributed by atoms with Gasteiger partial charge < -0.3 is 0 Å². The number of carbonyl (C=O) groups is 1. The largest absolute Gasteiger partial charge is 0.300 e. The van der Waals surface area contributed by atoms with Gasteiger partial charge in [0.05, 0.1) is 10.6 Å². The normalized spacial score (nSPS) is 11.1. The maximum Gasteiger partial charge on any atom is 0.167 e. The van der Waals surface area contributed by atoms with E-state index in [0.29, 0.717) is 18.7 Å². The van der Waals surface area contributed by atoms with Crippen molar-refractivity contribution < 1.29 is 4.79 Å². The van der Waals surface area contributed by atoms with Crippen LogP contribution in [-0.2, 0) is 17.6 Å². The number of nitrogens with zero attached hydrogens (tertiary/aromatic N) is 4.